The molecular weight excluding hydrogens is 490 g/mol. The van der Waals surface area contributed by atoms with Crippen molar-refractivity contribution >= 4 is 27.5 Å². The maximum absolute atomic E-state index is 13.8. The van der Waals surface area contributed by atoms with Crippen LogP contribution in [-0.2, 0) is 26.0 Å². The Balaban J connectivity index is 1.88. The van der Waals surface area contributed by atoms with Gasteiger partial charge >= 0.3 is 0 Å². The first-order valence-electron chi connectivity index (χ1n) is 13.0. The average Bonchev–Trinajstić information content (AvgIpc) is 2.90. The molecule has 37 heavy (non-hydrogen) atoms. The molecule has 1 unspecified atom stereocenters. The number of para-hydroxylation sites is 2. The number of sulfonamides is 1. The standard InChI is InChI=1S/C28H39N3O5S/c1-4-24(28(33)29-23-15-9-6-10-16-23)30(20-19-22-13-7-5-8-14-22)27(32)21-31(37(3,34)35)25-17-11-12-18-26(25)36-2/h5,7-8,11-14,17-18,23-24H,4,6,9-10,15-16,19-21H2,1-3H3,(H,29,33). The fraction of sp³-hybridized carbons (Fsp3) is 0.500. The lowest BCUT2D eigenvalue weighted by Crippen LogP contribution is -2.54. The van der Waals surface area contributed by atoms with Crippen molar-refractivity contribution < 1.29 is 22.7 Å². The van der Waals surface area contributed by atoms with Gasteiger partial charge in [0.15, 0.2) is 0 Å². The number of amides is 2. The monoisotopic (exact) mass is 529 g/mol. The lowest BCUT2D eigenvalue weighted by Gasteiger charge is -2.34. The van der Waals surface area contributed by atoms with Gasteiger partial charge < -0.3 is 15.0 Å². The number of hydrogen-bond acceptors (Lipinski definition) is 5. The Morgan fingerprint density at radius 3 is 2.30 bits per heavy atom. The van der Waals surface area contributed by atoms with Crippen molar-refractivity contribution in [1.29, 1.82) is 0 Å². The Morgan fingerprint density at radius 2 is 1.68 bits per heavy atom. The predicted molar refractivity (Wildman–Crippen MR) is 146 cm³/mol. The zero-order chi connectivity index (χ0) is 26.8. The molecule has 2 aromatic carbocycles. The van der Waals surface area contributed by atoms with Crippen LogP contribution < -0.4 is 14.4 Å². The summed E-state index contributed by atoms with van der Waals surface area (Å²) in [7, 11) is -2.36. The minimum atomic E-state index is -3.82. The molecule has 0 aromatic heterocycles. The highest BCUT2D eigenvalue weighted by molar-refractivity contribution is 7.92. The summed E-state index contributed by atoms with van der Waals surface area (Å²) in [5.74, 6) is -0.268. The first-order valence-corrected chi connectivity index (χ1v) is 14.8. The molecule has 8 nitrogen and oxygen atoms in total. The lowest BCUT2D eigenvalue weighted by atomic mass is 9.95. The SMILES string of the molecule is CCC(C(=O)NC1CCCCC1)N(CCc1ccccc1)C(=O)CN(c1ccccc1OC)S(C)(=O)=O. The second kappa shape index (κ2) is 13.5. The lowest BCUT2D eigenvalue weighted by molar-refractivity contribution is -0.140. The number of hydrogen-bond donors (Lipinski definition) is 1. The Morgan fingerprint density at radius 1 is 1.03 bits per heavy atom. The third kappa shape index (κ3) is 7.95. The van der Waals surface area contributed by atoms with E-state index < -0.39 is 28.5 Å². The molecule has 1 fully saturated rings. The van der Waals surface area contributed by atoms with Gasteiger partial charge in [-0.25, -0.2) is 8.42 Å². The van der Waals surface area contributed by atoms with Gasteiger partial charge in [0.2, 0.25) is 21.8 Å². The molecule has 9 heteroatoms. The minimum Gasteiger partial charge on any atom is -0.495 e. The molecule has 1 saturated carbocycles. The highest BCUT2D eigenvalue weighted by atomic mass is 32.2. The maximum atomic E-state index is 13.8. The number of methoxy groups -OCH3 is 1. The summed E-state index contributed by atoms with van der Waals surface area (Å²) in [6.07, 6.45) is 7.26. The van der Waals surface area contributed by atoms with E-state index in [4.69, 9.17) is 4.74 Å². The van der Waals surface area contributed by atoms with E-state index in [1.165, 1.54) is 13.5 Å². The molecule has 1 aliphatic carbocycles. The van der Waals surface area contributed by atoms with Crippen molar-refractivity contribution in [3.63, 3.8) is 0 Å². The van der Waals surface area contributed by atoms with Crippen molar-refractivity contribution in [2.45, 2.75) is 64.0 Å². The molecule has 0 aliphatic heterocycles. The van der Waals surface area contributed by atoms with E-state index in [-0.39, 0.29) is 17.6 Å². The van der Waals surface area contributed by atoms with E-state index in [1.807, 2.05) is 37.3 Å². The van der Waals surface area contributed by atoms with E-state index in [9.17, 15) is 18.0 Å². The van der Waals surface area contributed by atoms with E-state index in [0.717, 1.165) is 41.8 Å². The number of nitrogens with one attached hydrogen (secondary N) is 1. The van der Waals surface area contributed by atoms with Crippen LogP contribution in [0.3, 0.4) is 0 Å². The van der Waals surface area contributed by atoms with Crippen LogP contribution in [0.2, 0.25) is 0 Å². The number of anilines is 1. The van der Waals surface area contributed by atoms with E-state index >= 15 is 0 Å². The Kier molecular flexibility index (Phi) is 10.4. The van der Waals surface area contributed by atoms with Crippen molar-refractivity contribution in [3.05, 3.63) is 60.2 Å². The molecular formula is C28H39N3O5S. The normalized spacial score (nSPS) is 15.0. The van der Waals surface area contributed by atoms with E-state index in [0.29, 0.717) is 25.1 Å². The van der Waals surface area contributed by atoms with E-state index in [1.54, 1.807) is 29.2 Å². The first kappa shape index (κ1) is 28.5. The van der Waals surface area contributed by atoms with Gasteiger partial charge in [0.05, 0.1) is 19.1 Å². The number of nitrogens with zero attached hydrogens (tertiary/aromatic N) is 2. The van der Waals surface area contributed by atoms with Gasteiger partial charge in [-0.05, 0) is 43.4 Å². The number of carbonyl (C=O) groups is 2. The minimum absolute atomic E-state index is 0.113. The fourth-order valence-corrected chi connectivity index (χ4v) is 5.72. The highest BCUT2D eigenvalue weighted by Gasteiger charge is 2.33. The van der Waals surface area contributed by atoms with Crippen molar-refractivity contribution in [2.75, 3.05) is 30.8 Å². The first-order chi connectivity index (χ1) is 17.7. The fourth-order valence-electron chi connectivity index (χ4n) is 4.87. The molecule has 0 bridgehead atoms. The predicted octanol–water partition coefficient (Wildman–Crippen LogP) is 3.76. The summed E-state index contributed by atoms with van der Waals surface area (Å²) >= 11 is 0. The van der Waals surface area contributed by atoms with Crippen LogP contribution in [0, 0.1) is 0 Å². The van der Waals surface area contributed by atoms with E-state index in [2.05, 4.69) is 5.32 Å². The van der Waals surface area contributed by atoms with Gasteiger partial charge in [-0.3, -0.25) is 13.9 Å². The zero-order valence-corrected chi connectivity index (χ0v) is 22.9. The van der Waals surface area contributed by atoms with Crippen LogP contribution in [0.5, 0.6) is 5.75 Å². The van der Waals surface area contributed by atoms with Crippen LogP contribution in [0.25, 0.3) is 0 Å². The smallest absolute Gasteiger partial charge is 0.244 e. The van der Waals surface area contributed by atoms with Crippen molar-refractivity contribution in [3.8, 4) is 5.75 Å². The zero-order valence-electron chi connectivity index (χ0n) is 22.1. The summed E-state index contributed by atoms with van der Waals surface area (Å²) in [5, 5.41) is 3.15. The third-order valence-electron chi connectivity index (χ3n) is 6.85. The summed E-state index contributed by atoms with van der Waals surface area (Å²) in [6.45, 7) is 1.74. The molecule has 0 heterocycles. The molecule has 1 aliphatic rings. The van der Waals surface area contributed by atoms with Gasteiger partial charge in [-0.15, -0.1) is 0 Å². The molecule has 3 rings (SSSR count). The quantitative estimate of drug-likeness (QED) is 0.452. The average molecular weight is 530 g/mol. The summed E-state index contributed by atoms with van der Waals surface area (Å²) < 4.78 is 32.0. The number of benzene rings is 2. The molecule has 1 atom stereocenters. The second-order valence-electron chi connectivity index (χ2n) is 9.53. The van der Waals surface area contributed by atoms with Gasteiger partial charge in [0.25, 0.3) is 0 Å². The summed E-state index contributed by atoms with van der Waals surface area (Å²) in [6, 6.07) is 15.8. The van der Waals surface area contributed by atoms with Crippen LogP contribution in [0.1, 0.15) is 51.0 Å². The Hall–Kier alpha value is -3.07. The molecule has 2 aromatic rings. The molecule has 1 N–H and O–H groups in total. The molecule has 0 saturated heterocycles. The van der Waals surface area contributed by atoms with Crippen LogP contribution in [0.15, 0.2) is 54.6 Å². The Bertz CT molecular complexity index is 1130. The summed E-state index contributed by atoms with van der Waals surface area (Å²) in [4.78, 5) is 28.7. The number of carbonyl (C=O) groups excluding carboxylic acids is 2. The third-order valence-corrected chi connectivity index (χ3v) is 7.98. The molecule has 0 spiro atoms. The highest BCUT2D eigenvalue weighted by Crippen LogP contribution is 2.29. The summed E-state index contributed by atoms with van der Waals surface area (Å²) in [5.41, 5.74) is 1.32. The van der Waals surface area contributed by atoms with Gasteiger partial charge in [0, 0.05) is 12.6 Å². The van der Waals surface area contributed by atoms with Crippen LogP contribution >= 0.6 is 0 Å². The van der Waals surface area contributed by atoms with Crippen LogP contribution in [-0.4, -0.2) is 63.7 Å². The Labute approximate surface area is 221 Å². The van der Waals surface area contributed by atoms with Gasteiger partial charge in [-0.1, -0.05) is 68.7 Å². The maximum Gasteiger partial charge on any atom is 0.244 e. The van der Waals surface area contributed by atoms with Gasteiger partial charge in [0.1, 0.15) is 18.3 Å². The van der Waals surface area contributed by atoms with Crippen molar-refractivity contribution in [2.24, 2.45) is 0 Å². The van der Waals surface area contributed by atoms with Gasteiger partial charge in [-0.2, -0.15) is 0 Å². The largest absolute Gasteiger partial charge is 0.495 e. The van der Waals surface area contributed by atoms with Crippen molar-refractivity contribution in [1.82, 2.24) is 10.2 Å². The molecule has 0 radical (unpaired) electrons. The number of ether oxygens (including phenoxy) is 1. The molecule has 2 amide bonds. The van der Waals surface area contributed by atoms with Crippen LogP contribution in [0.4, 0.5) is 5.69 Å². The second-order valence-corrected chi connectivity index (χ2v) is 11.4. The topological polar surface area (TPSA) is 96.0 Å². The molecule has 202 valence electrons. The number of rotatable bonds is 12.